The Balaban J connectivity index is 2.41. The summed E-state index contributed by atoms with van der Waals surface area (Å²) in [4.78, 5) is 21.3. The van der Waals surface area contributed by atoms with Crippen molar-refractivity contribution in [1.29, 1.82) is 0 Å². The quantitative estimate of drug-likeness (QED) is 0.527. The molecule has 74 valence electrons. The number of hydrogen-bond donors (Lipinski definition) is 3. The molecule has 5 nitrogen and oxygen atoms in total. The fourth-order valence-electron chi connectivity index (χ4n) is 1.53. The topological polar surface area (TPSA) is 78.4 Å². The molecule has 0 aromatic rings. The van der Waals surface area contributed by atoms with E-state index in [1.807, 2.05) is 0 Å². The zero-order chi connectivity index (χ0) is 9.84. The minimum absolute atomic E-state index is 0.0488. The molecule has 0 unspecified atom stereocenters. The summed E-state index contributed by atoms with van der Waals surface area (Å²) in [5, 5.41) is 14.4. The molecule has 1 amide bonds. The summed E-state index contributed by atoms with van der Waals surface area (Å²) in [6, 6.07) is -0.0488. The number of nitrogens with one attached hydrogen (secondary N) is 2. The minimum atomic E-state index is -0.803. The van der Waals surface area contributed by atoms with Gasteiger partial charge in [-0.1, -0.05) is 0 Å². The van der Waals surface area contributed by atoms with Gasteiger partial charge in [0.15, 0.2) is 0 Å². The van der Waals surface area contributed by atoms with Crippen LogP contribution in [0.3, 0.4) is 0 Å². The van der Waals surface area contributed by atoms with E-state index in [9.17, 15) is 9.59 Å². The van der Waals surface area contributed by atoms with E-state index < -0.39 is 5.97 Å². The van der Waals surface area contributed by atoms with Gasteiger partial charge in [0.25, 0.3) is 0 Å². The average molecular weight is 186 g/mol. The fourth-order valence-corrected chi connectivity index (χ4v) is 1.53. The predicted octanol–water partition coefficient (Wildman–Crippen LogP) is -0.815. The zero-order valence-electron chi connectivity index (χ0n) is 7.54. The van der Waals surface area contributed by atoms with Gasteiger partial charge in [-0.25, -0.2) is 0 Å². The smallest absolute Gasteiger partial charge is 0.307 e. The number of carboxylic acids is 1. The monoisotopic (exact) mass is 186 g/mol. The van der Waals surface area contributed by atoms with Crippen molar-refractivity contribution in [3.63, 3.8) is 0 Å². The first kappa shape index (κ1) is 9.98. The maximum absolute atomic E-state index is 10.7. The molecule has 1 aliphatic heterocycles. The van der Waals surface area contributed by atoms with Crippen molar-refractivity contribution in [2.45, 2.75) is 19.4 Å². The molecule has 1 saturated heterocycles. The number of aliphatic carboxylic acids is 1. The fraction of sp³-hybridized carbons (Fsp3) is 0.750. The van der Waals surface area contributed by atoms with Crippen LogP contribution in [0.1, 0.15) is 13.3 Å². The van der Waals surface area contributed by atoms with Gasteiger partial charge in [-0.05, 0) is 6.42 Å². The van der Waals surface area contributed by atoms with E-state index in [4.69, 9.17) is 5.11 Å². The highest BCUT2D eigenvalue weighted by molar-refractivity contribution is 5.74. The lowest BCUT2D eigenvalue weighted by molar-refractivity contribution is -0.142. The van der Waals surface area contributed by atoms with E-state index >= 15 is 0 Å². The lowest BCUT2D eigenvalue weighted by Crippen LogP contribution is -2.50. The summed E-state index contributed by atoms with van der Waals surface area (Å²) in [5.74, 6) is -1.30. The third-order valence-electron chi connectivity index (χ3n) is 2.11. The molecular weight excluding hydrogens is 172 g/mol. The largest absolute Gasteiger partial charge is 0.481 e. The number of hydrogen-bond acceptors (Lipinski definition) is 3. The molecule has 1 aliphatic rings. The molecule has 3 N–H and O–H groups in total. The summed E-state index contributed by atoms with van der Waals surface area (Å²) in [7, 11) is 0. The SMILES string of the molecule is CC(=O)N[C@@H]1CNC[C@H](C(=O)O)C1. The molecular formula is C8H14N2O3. The van der Waals surface area contributed by atoms with E-state index in [1.165, 1.54) is 6.92 Å². The number of carboxylic acid groups (broad SMARTS) is 1. The molecule has 0 bridgehead atoms. The Hall–Kier alpha value is -1.10. The highest BCUT2D eigenvalue weighted by atomic mass is 16.4. The van der Waals surface area contributed by atoms with Crippen molar-refractivity contribution >= 4 is 11.9 Å². The molecule has 1 rings (SSSR count). The Morgan fingerprint density at radius 3 is 2.69 bits per heavy atom. The van der Waals surface area contributed by atoms with Crippen LogP contribution in [-0.2, 0) is 9.59 Å². The van der Waals surface area contributed by atoms with Gasteiger partial charge in [0.2, 0.25) is 5.91 Å². The van der Waals surface area contributed by atoms with Gasteiger partial charge in [0.1, 0.15) is 0 Å². The maximum atomic E-state index is 10.7. The summed E-state index contributed by atoms with van der Waals surface area (Å²) < 4.78 is 0. The Morgan fingerprint density at radius 2 is 2.15 bits per heavy atom. The van der Waals surface area contributed by atoms with Crippen molar-refractivity contribution in [1.82, 2.24) is 10.6 Å². The van der Waals surface area contributed by atoms with Crippen LogP contribution in [0.25, 0.3) is 0 Å². The van der Waals surface area contributed by atoms with Crippen molar-refractivity contribution in [3.8, 4) is 0 Å². The van der Waals surface area contributed by atoms with Crippen molar-refractivity contribution < 1.29 is 14.7 Å². The molecule has 1 heterocycles. The highest BCUT2D eigenvalue weighted by Gasteiger charge is 2.26. The molecule has 13 heavy (non-hydrogen) atoms. The Labute approximate surface area is 76.5 Å². The summed E-state index contributed by atoms with van der Waals surface area (Å²) >= 11 is 0. The average Bonchev–Trinajstić information content (AvgIpc) is 2.03. The Kier molecular flexibility index (Phi) is 3.25. The van der Waals surface area contributed by atoms with Crippen LogP contribution in [0, 0.1) is 5.92 Å². The Bertz CT molecular complexity index is 217. The van der Waals surface area contributed by atoms with E-state index in [-0.39, 0.29) is 17.9 Å². The number of amides is 1. The summed E-state index contributed by atoms with van der Waals surface area (Å²) in [6.45, 7) is 2.58. The van der Waals surface area contributed by atoms with Gasteiger partial charge < -0.3 is 15.7 Å². The third-order valence-corrected chi connectivity index (χ3v) is 2.11. The van der Waals surface area contributed by atoms with Crippen LogP contribution >= 0.6 is 0 Å². The number of rotatable bonds is 2. The summed E-state index contributed by atoms with van der Waals surface area (Å²) in [6.07, 6.45) is 0.516. The molecule has 1 fully saturated rings. The maximum Gasteiger partial charge on any atom is 0.307 e. The van der Waals surface area contributed by atoms with Gasteiger partial charge >= 0.3 is 5.97 Å². The first-order valence-electron chi connectivity index (χ1n) is 4.30. The van der Waals surface area contributed by atoms with Crippen LogP contribution in [0.4, 0.5) is 0 Å². The summed E-state index contributed by atoms with van der Waals surface area (Å²) in [5.41, 5.74) is 0. The standard InChI is InChI=1S/C8H14N2O3/c1-5(11)10-7-2-6(8(12)13)3-9-4-7/h6-7,9H,2-4H2,1H3,(H,10,11)(H,12,13)/t6-,7+/m1/s1. The Morgan fingerprint density at radius 1 is 1.46 bits per heavy atom. The van der Waals surface area contributed by atoms with Crippen molar-refractivity contribution in [2.24, 2.45) is 5.92 Å². The van der Waals surface area contributed by atoms with Crippen LogP contribution in [0.15, 0.2) is 0 Å². The van der Waals surface area contributed by atoms with Crippen molar-refractivity contribution in [2.75, 3.05) is 13.1 Å². The molecule has 0 aromatic carbocycles. The van der Waals surface area contributed by atoms with Crippen molar-refractivity contribution in [3.05, 3.63) is 0 Å². The first-order valence-corrected chi connectivity index (χ1v) is 4.30. The minimum Gasteiger partial charge on any atom is -0.481 e. The van der Waals surface area contributed by atoms with Gasteiger partial charge in [0.05, 0.1) is 5.92 Å². The molecule has 0 spiro atoms. The molecule has 0 aliphatic carbocycles. The molecule has 0 saturated carbocycles. The van der Waals surface area contributed by atoms with E-state index in [2.05, 4.69) is 10.6 Å². The predicted molar refractivity (Wildman–Crippen MR) is 46.2 cm³/mol. The van der Waals surface area contributed by atoms with E-state index in [1.54, 1.807) is 0 Å². The number of carbonyl (C=O) groups excluding carboxylic acids is 1. The second-order valence-corrected chi connectivity index (χ2v) is 3.33. The highest BCUT2D eigenvalue weighted by Crippen LogP contribution is 2.10. The normalized spacial score (nSPS) is 28.1. The zero-order valence-corrected chi connectivity index (χ0v) is 7.54. The first-order chi connectivity index (χ1) is 6.09. The van der Waals surface area contributed by atoms with Crippen LogP contribution in [0.5, 0.6) is 0 Å². The molecule has 0 radical (unpaired) electrons. The molecule has 0 aromatic heterocycles. The van der Waals surface area contributed by atoms with Gasteiger partial charge in [-0.2, -0.15) is 0 Å². The molecule has 5 heteroatoms. The van der Waals surface area contributed by atoms with Gasteiger partial charge in [-0.15, -0.1) is 0 Å². The van der Waals surface area contributed by atoms with Crippen LogP contribution in [0.2, 0.25) is 0 Å². The molecule has 2 atom stereocenters. The second-order valence-electron chi connectivity index (χ2n) is 3.33. The van der Waals surface area contributed by atoms with Gasteiger partial charge in [-0.3, -0.25) is 9.59 Å². The van der Waals surface area contributed by atoms with Gasteiger partial charge in [0, 0.05) is 26.1 Å². The second kappa shape index (κ2) is 4.23. The van der Waals surface area contributed by atoms with E-state index in [0.29, 0.717) is 19.5 Å². The van der Waals surface area contributed by atoms with E-state index in [0.717, 1.165) is 0 Å². The lowest BCUT2D eigenvalue weighted by Gasteiger charge is -2.27. The lowest BCUT2D eigenvalue weighted by atomic mass is 9.96. The third kappa shape index (κ3) is 3.02. The number of piperidine rings is 1. The van der Waals surface area contributed by atoms with Crippen LogP contribution < -0.4 is 10.6 Å². The number of carbonyl (C=O) groups is 2. The van der Waals surface area contributed by atoms with Crippen LogP contribution in [-0.4, -0.2) is 36.1 Å².